The highest BCUT2D eigenvalue weighted by molar-refractivity contribution is 7.91. The third kappa shape index (κ3) is 2.44. The lowest BCUT2D eigenvalue weighted by atomic mass is 9.87. The summed E-state index contributed by atoms with van der Waals surface area (Å²) >= 11 is 0. The maximum atomic E-state index is 11.6. The minimum Gasteiger partial charge on any atom is -0.316 e. The molecule has 0 unspecified atom stereocenters. The van der Waals surface area contributed by atoms with Gasteiger partial charge >= 0.3 is 0 Å². The van der Waals surface area contributed by atoms with E-state index in [1.54, 1.807) is 0 Å². The van der Waals surface area contributed by atoms with E-state index in [4.69, 9.17) is 0 Å². The number of sulfone groups is 1. The topological polar surface area (TPSA) is 46.2 Å². The first-order valence-electron chi connectivity index (χ1n) is 5.07. The molecule has 1 aliphatic carbocycles. The Labute approximate surface area is 79.8 Å². The van der Waals surface area contributed by atoms with E-state index >= 15 is 0 Å². The van der Waals surface area contributed by atoms with Gasteiger partial charge in [-0.25, -0.2) is 8.42 Å². The van der Waals surface area contributed by atoms with E-state index in [2.05, 4.69) is 5.32 Å². The summed E-state index contributed by atoms with van der Waals surface area (Å²) in [6.45, 7) is 1.79. The van der Waals surface area contributed by atoms with Crippen molar-refractivity contribution in [2.75, 3.05) is 24.6 Å². The Balaban J connectivity index is 1.79. The summed E-state index contributed by atoms with van der Waals surface area (Å²) in [7, 11) is -2.74. The average molecular weight is 203 g/mol. The molecule has 3 nitrogen and oxygen atoms in total. The number of nitrogens with one attached hydrogen (secondary N) is 1. The van der Waals surface area contributed by atoms with Gasteiger partial charge in [0.1, 0.15) is 0 Å². The maximum absolute atomic E-state index is 11.6. The van der Waals surface area contributed by atoms with Crippen molar-refractivity contribution in [2.24, 2.45) is 11.8 Å². The molecular weight excluding hydrogens is 186 g/mol. The Hall–Kier alpha value is -0.0900. The molecule has 0 radical (unpaired) electrons. The first-order chi connectivity index (χ1) is 6.16. The normalized spacial score (nSPS) is 25.2. The standard InChI is InChI=1S/C9H17NO2S/c11-13(12,6-8-2-1-3-8)7-9-4-10-5-9/h8-10H,1-7H2. The molecule has 0 aromatic carbocycles. The summed E-state index contributed by atoms with van der Waals surface area (Å²) in [5, 5.41) is 3.10. The number of hydrogen-bond acceptors (Lipinski definition) is 3. The molecule has 1 heterocycles. The summed E-state index contributed by atoms with van der Waals surface area (Å²) in [5.41, 5.74) is 0. The monoisotopic (exact) mass is 203 g/mol. The Morgan fingerprint density at radius 2 is 1.69 bits per heavy atom. The van der Waals surface area contributed by atoms with Crippen LogP contribution < -0.4 is 5.32 Å². The first-order valence-corrected chi connectivity index (χ1v) is 6.89. The molecule has 2 aliphatic rings. The van der Waals surface area contributed by atoms with Gasteiger partial charge in [0.25, 0.3) is 0 Å². The van der Waals surface area contributed by atoms with Gasteiger partial charge in [0, 0.05) is 13.1 Å². The highest BCUT2D eigenvalue weighted by Crippen LogP contribution is 2.28. The van der Waals surface area contributed by atoms with E-state index in [1.165, 1.54) is 6.42 Å². The van der Waals surface area contributed by atoms with Crippen molar-refractivity contribution in [1.82, 2.24) is 5.32 Å². The van der Waals surface area contributed by atoms with Crippen LogP contribution in [0.2, 0.25) is 0 Å². The van der Waals surface area contributed by atoms with E-state index in [0.29, 0.717) is 23.3 Å². The van der Waals surface area contributed by atoms with E-state index in [9.17, 15) is 8.42 Å². The predicted molar refractivity (Wildman–Crippen MR) is 52.4 cm³/mol. The van der Waals surface area contributed by atoms with Gasteiger partial charge in [-0.1, -0.05) is 6.42 Å². The van der Waals surface area contributed by atoms with E-state index in [-0.39, 0.29) is 0 Å². The van der Waals surface area contributed by atoms with Crippen molar-refractivity contribution in [2.45, 2.75) is 19.3 Å². The van der Waals surface area contributed by atoms with Gasteiger partial charge in [0.15, 0.2) is 9.84 Å². The molecule has 13 heavy (non-hydrogen) atoms. The largest absolute Gasteiger partial charge is 0.316 e. The van der Waals surface area contributed by atoms with Crippen molar-refractivity contribution in [3.63, 3.8) is 0 Å². The predicted octanol–water partition coefficient (Wildman–Crippen LogP) is 0.421. The smallest absolute Gasteiger partial charge is 0.150 e. The van der Waals surface area contributed by atoms with E-state index < -0.39 is 9.84 Å². The quantitative estimate of drug-likeness (QED) is 0.720. The molecule has 1 aliphatic heterocycles. The van der Waals surface area contributed by atoms with Gasteiger partial charge in [0.2, 0.25) is 0 Å². The van der Waals surface area contributed by atoms with Crippen LogP contribution in [0, 0.1) is 11.8 Å². The zero-order chi connectivity index (χ0) is 9.31. The molecule has 1 saturated carbocycles. The zero-order valence-corrected chi connectivity index (χ0v) is 8.65. The maximum Gasteiger partial charge on any atom is 0.150 e. The Bertz CT molecular complexity index is 243. The van der Waals surface area contributed by atoms with Gasteiger partial charge in [-0.3, -0.25) is 0 Å². The molecule has 1 N–H and O–H groups in total. The Morgan fingerprint density at radius 1 is 1.08 bits per heavy atom. The lowest BCUT2D eigenvalue weighted by molar-refractivity contribution is 0.342. The van der Waals surface area contributed by atoms with Crippen LogP contribution in [0.1, 0.15) is 19.3 Å². The lowest BCUT2D eigenvalue weighted by Gasteiger charge is -2.29. The highest BCUT2D eigenvalue weighted by atomic mass is 32.2. The number of hydrogen-bond donors (Lipinski definition) is 1. The first kappa shape index (κ1) is 9.46. The third-order valence-electron chi connectivity index (χ3n) is 3.07. The summed E-state index contributed by atoms with van der Waals surface area (Å²) in [5.74, 6) is 1.74. The van der Waals surface area contributed by atoms with Gasteiger partial charge in [-0.15, -0.1) is 0 Å². The minimum atomic E-state index is -2.74. The van der Waals surface area contributed by atoms with Crippen molar-refractivity contribution < 1.29 is 8.42 Å². The van der Waals surface area contributed by atoms with E-state index in [0.717, 1.165) is 25.9 Å². The van der Waals surface area contributed by atoms with Gasteiger partial charge < -0.3 is 5.32 Å². The summed E-state index contributed by atoms with van der Waals surface area (Å²) in [6.07, 6.45) is 3.48. The van der Waals surface area contributed by atoms with E-state index in [1.807, 2.05) is 0 Å². The molecule has 0 aromatic heterocycles. The molecule has 0 spiro atoms. The van der Waals surface area contributed by atoms with Gasteiger partial charge in [-0.2, -0.15) is 0 Å². The molecule has 0 amide bonds. The molecule has 0 bridgehead atoms. The Kier molecular flexibility index (Phi) is 2.60. The Morgan fingerprint density at radius 3 is 2.08 bits per heavy atom. The van der Waals surface area contributed by atoms with Crippen molar-refractivity contribution in [3.8, 4) is 0 Å². The second-order valence-corrected chi connectivity index (χ2v) is 6.55. The van der Waals surface area contributed by atoms with Crippen molar-refractivity contribution in [3.05, 3.63) is 0 Å². The fourth-order valence-electron chi connectivity index (χ4n) is 1.91. The average Bonchev–Trinajstić information content (AvgIpc) is 1.90. The van der Waals surface area contributed by atoms with Gasteiger partial charge in [0.05, 0.1) is 11.5 Å². The molecule has 0 aromatic rings. The van der Waals surface area contributed by atoms with Crippen LogP contribution in [-0.4, -0.2) is 33.0 Å². The van der Waals surface area contributed by atoms with Crippen molar-refractivity contribution >= 4 is 9.84 Å². The fourth-order valence-corrected chi connectivity index (χ4v) is 4.05. The third-order valence-corrected chi connectivity index (χ3v) is 5.03. The number of rotatable bonds is 4. The molecule has 76 valence electrons. The molecule has 4 heteroatoms. The second-order valence-electron chi connectivity index (χ2n) is 4.40. The van der Waals surface area contributed by atoms with Gasteiger partial charge in [-0.05, 0) is 24.7 Å². The van der Waals surface area contributed by atoms with Crippen molar-refractivity contribution in [1.29, 1.82) is 0 Å². The SMILES string of the molecule is O=S(=O)(CC1CCC1)CC1CNC1. The van der Waals surface area contributed by atoms with Crippen LogP contribution in [0.15, 0.2) is 0 Å². The zero-order valence-electron chi connectivity index (χ0n) is 7.83. The van der Waals surface area contributed by atoms with Crippen LogP contribution in [0.4, 0.5) is 0 Å². The van der Waals surface area contributed by atoms with Crippen LogP contribution >= 0.6 is 0 Å². The summed E-state index contributed by atoms with van der Waals surface area (Å²) in [6, 6.07) is 0. The molecule has 2 fully saturated rings. The summed E-state index contributed by atoms with van der Waals surface area (Å²) in [4.78, 5) is 0. The van der Waals surface area contributed by atoms with Crippen LogP contribution in [-0.2, 0) is 9.84 Å². The van der Waals surface area contributed by atoms with Crippen LogP contribution in [0.3, 0.4) is 0 Å². The van der Waals surface area contributed by atoms with Crippen LogP contribution in [0.5, 0.6) is 0 Å². The second kappa shape index (κ2) is 3.58. The molecule has 1 saturated heterocycles. The minimum absolute atomic E-state index is 0.394. The molecular formula is C9H17NO2S. The lowest BCUT2D eigenvalue weighted by Crippen LogP contribution is -2.46. The fraction of sp³-hybridized carbons (Fsp3) is 1.00. The molecule has 2 rings (SSSR count). The highest BCUT2D eigenvalue weighted by Gasteiger charge is 2.28. The van der Waals surface area contributed by atoms with Crippen LogP contribution in [0.25, 0.3) is 0 Å². The summed E-state index contributed by atoms with van der Waals surface area (Å²) < 4.78 is 23.2. The molecule has 0 atom stereocenters.